The predicted octanol–water partition coefficient (Wildman–Crippen LogP) is 3.63. The fraction of sp³-hybridized carbons (Fsp3) is 0.630. The van der Waals surface area contributed by atoms with Gasteiger partial charge in [-0.1, -0.05) is 19.1 Å². The van der Waals surface area contributed by atoms with E-state index in [1.165, 1.54) is 29.1 Å². The summed E-state index contributed by atoms with van der Waals surface area (Å²) in [5.74, 6) is 2.04. The zero-order valence-corrected chi connectivity index (χ0v) is 22.8. The molecule has 2 saturated heterocycles. The Kier molecular flexibility index (Phi) is 8.16. The van der Waals surface area contributed by atoms with Gasteiger partial charge >= 0.3 is 0 Å². The number of aromatic nitrogens is 2. The summed E-state index contributed by atoms with van der Waals surface area (Å²) in [6.45, 7) is 7.04. The largest absolute Gasteiger partial charge is 0.477 e. The van der Waals surface area contributed by atoms with Crippen LogP contribution in [0.4, 0.5) is 11.6 Å². The molecule has 0 radical (unpaired) electrons. The maximum atomic E-state index is 11.9. The van der Waals surface area contributed by atoms with Crippen LogP contribution in [0.25, 0.3) is 11.1 Å². The minimum atomic E-state index is -3.18. The highest BCUT2D eigenvalue weighted by Gasteiger charge is 2.29. The lowest BCUT2D eigenvalue weighted by atomic mass is 9.87. The Morgan fingerprint density at radius 2 is 1.78 bits per heavy atom. The van der Waals surface area contributed by atoms with Crippen molar-refractivity contribution in [1.29, 1.82) is 0 Å². The molecule has 0 spiro atoms. The van der Waals surface area contributed by atoms with Gasteiger partial charge in [-0.3, -0.25) is 0 Å². The van der Waals surface area contributed by atoms with E-state index in [-0.39, 0.29) is 5.92 Å². The number of benzene rings is 1. The summed E-state index contributed by atoms with van der Waals surface area (Å²) in [6, 6.07) is 8.81. The molecule has 9 nitrogen and oxygen atoms in total. The third kappa shape index (κ3) is 6.72. The SMILES string of the molecule is CC1CCC(Nc2ncc(-c3ccc(N4CCOCC4)cc3)c(OCC3CCN(S(C)(=O)=O)C3)n2)CC1. The van der Waals surface area contributed by atoms with E-state index in [0.717, 1.165) is 62.6 Å². The van der Waals surface area contributed by atoms with Crippen molar-refractivity contribution in [3.05, 3.63) is 30.5 Å². The molecule has 3 heterocycles. The molecule has 1 saturated carbocycles. The zero-order chi connectivity index (χ0) is 25.8. The molecule has 1 unspecified atom stereocenters. The molecule has 1 N–H and O–H groups in total. The summed E-state index contributed by atoms with van der Waals surface area (Å²) in [6.07, 6.45) is 8.57. The molecular formula is C27H39N5O4S. The number of ether oxygens (including phenoxy) is 2. The van der Waals surface area contributed by atoms with E-state index in [9.17, 15) is 8.42 Å². The number of nitrogens with zero attached hydrogens (tertiary/aromatic N) is 4. The maximum Gasteiger partial charge on any atom is 0.226 e. The van der Waals surface area contributed by atoms with Gasteiger partial charge in [-0.2, -0.15) is 4.98 Å². The van der Waals surface area contributed by atoms with Crippen molar-refractivity contribution in [3.63, 3.8) is 0 Å². The van der Waals surface area contributed by atoms with Crippen LogP contribution in [-0.2, 0) is 14.8 Å². The second-order valence-corrected chi connectivity index (χ2v) is 12.7. The third-order valence-electron chi connectivity index (χ3n) is 7.83. The van der Waals surface area contributed by atoms with Crippen molar-refractivity contribution in [2.24, 2.45) is 11.8 Å². The first-order valence-corrected chi connectivity index (χ1v) is 15.3. The Labute approximate surface area is 220 Å². The van der Waals surface area contributed by atoms with E-state index in [4.69, 9.17) is 14.5 Å². The Bertz CT molecular complexity index is 1150. The molecule has 37 heavy (non-hydrogen) atoms. The second kappa shape index (κ2) is 11.5. The highest BCUT2D eigenvalue weighted by Crippen LogP contribution is 2.32. The van der Waals surface area contributed by atoms with E-state index in [1.54, 1.807) is 0 Å². The molecule has 1 aromatic heterocycles. The van der Waals surface area contributed by atoms with E-state index >= 15 is 0 Å². The van der Waals surface area contributed by atoms with E-state index in [0.29, 0.717) is 37.6 Å². The van der Waals surface area contributed by atoms with Crippen molar-refractivity contribution in [3.8, 4) is 17.0 Å². The first-order valence-electron chi connectivity index (χ1n) is 13.5. The van der Waals surface area contributed by atoms with E-state index in [2.05, 4.69) is 46.4 Å². The topological polar surface area (TPSA) is 96.9 Å². The molecule has 5 rings (SSSR count). The molecule has 1 aliphatic carbocycles. The molecular weight excluding hydrogens is 490 g/mol. The van der Waals surface area contributed by atoms with Crippen LogP contribution in [0.1, 0.15) is 39.0 Å². The monoisotopic (exact) mass is 529 g/mol. The molecule has 3 aliphatic rings. The molecule has 2 aliphatic heterocycles. The number of morpholine rings is 1. The van der Waals surface area contributed by atoms with Crippen LogP contribution in [0, 0.1) is 11.8 Å². The highest BCUT2D eigenvalue weighted by atomic mass is 32.2. The molecule has 2 aromatic rings. The van der Waals surface area contributed by atoms with Gasteiger partial charge in [0.2, 0.25) is 21.9 Å². The molecule has 1 atom stereocenters. The van der Waals surface area contributed by atoms with E-state index in [1.807, 2.05) is 6.20 Å². The van der Waals surface area contributed by atoms with Gasteiger partial charge in [0.25, 0.3) is 0 Å². The number of hydrogen-bond acceptors (Lipinski definition) is 8. The summed E-state index contributed by atoms with van der Waals surface area (Å²) in [5, 5.41) is 3.52. The highest BCUT2D eigenvalue weighted by molar-refractivity contribution is 7.88. The summed E-state index contributed by atoms with van der Waals surface area (Å²) in [4.78, 5) is 11.8. The second-order valence-electron chi connectivity index (χ2n) is 10.7. The number of rotatable bonds is 8. The summed E-state index contributed by atoms with van der Waals surface area (Å²) < 4.78 is 37.2. The van der Waals surface area contributed by atoms with Gasteiger partial charge in [0, 0.05) is 50.0 Å². The fourth-order valence-electron chi connectivity index (χ4n) is 5.44. The van der Waals surface area contributed by atoms with Crippen LogP contribution in [0.2, 0.25) is 0 Å². The van der Waals surface area contributed by atoms with Crippen molar-refractivity contribution in [2.45, 2.75) is 45.1 Å². The lowest BCUT2D eigenvalue weighted by Crippen LogP contribution is -2.36. The summed E-state index contributed by atoms with van der Waals surface area (Å²) in [5.41, 5.74) is 3.01. The normalized spacial score (nSPS) is 25.2. The van der Waals surface area contributed by atoms with Crippen LogP contribution < -0.4 is 15.0 Å². The van der Waals surface area contributed by atoms with Crippen molar-refractivity contribution >= 4 is 21.7 Å². The van der Waals surface area contributed by atoms with Gasteiger partial charge in [0.1, 0.15) is 0 Å². The first-order chi connectivity index (χ1) is 17.8. The predicted molar refractivity (Wildman–Crippen MR) is 146 cm³/mol. The van der Waals surface area contributed by atoms with Gasteiger partial charge in [-0.15, -0.1) is 0 Å². The van der Waals surface area contributed by atoms with Gasteiger partial charge in [-0.05, 0) is 55.7 Å². The fourth-order valence-corrected chi connectivity index (χ4v) is 6.35. The van der Waals surface area contributed by atoms with Crippen molar-refractivity contribution < 1.29 is 17.9 Å². The lowest BCUT2D eigenvalue weighted by Gasteiger charge is -2.29. The van der Waals surface area contributed by atoms with Crippen molar-refractivity contribution in [1.82, 2.24) is 14.3 Å². The van der Waals surface area contributed by atoms with Crippen LogP contribution in [0.5, 0.6) is 5.88 Å². The summed E-state index contributed by atoms with van der Waals surface area (Å²) >= 11 is 0. The molecule has 0 bridgehead atoms. The standard InChI is InChI=1S/C27H39N5O4S/c1-20-3-7-23(8-4-20)29-27-28-17-25(22-5-9-24(10-6-22)31-13-15-35-16-14-31)26(30-27)36-19-21-11-12-32(18-21)37(2,33)34/h5-6,9-10,17,20-21,23H,3-4,7-8,11-16,18-19H2,1-2H3,(H,28,29,30). The van der Waals surface area contributed by atoms with Crippen LogP contribution in [0.15, 0.2) is 30.5 Å². The average Bonchev–Trinajstić information content (AvgIpc) is 3.40. The molecule has 1 aromatic carbocycles. The molecule has 202 valence electrons. The maximum absolute atomic E-state index is 11.9. The number of nitrogens with one attached hydrogen (secondary N) is 1. The van der Waals surface area contributed by atoms with Gasteiger partial charge in [0.05, 0.1) is 31.6 Å². The minimum absolute atomic E-state index is 0.137. The van der Waals surface area contributed by atoms with Crippen LogP contribution >= 0.6 is 0 Å². The molecule has 0 amide bonds. The Morgan fingerprint density at radius 1 is 1.05 bits per heavy atom. The third-order valence-corrected chi connectivity index (χ3v) is 9.10. The minimum Gasteiger partial charge on any atom is -0.477 e. The number of hydrogen-bond donors (Lipinski definition) is 1. The summed E-state index contributed by atoms with van der Waals surface area (Å²) in [7, 11) is -3.18. The number of sulfonamides is 1. The Balaban J connectivity index is 1.33. The van der Waals surface area contributed by atoms with Crippen molar-refractivity contribution in [2.75, 3.05) is 62.5 Å². The Morgan fingerprint density at radius 3 is 2.46 bits per heavy atom. The number of anilines is 2. The van der Waals surface area contributed by atoms with Crippen LogP contribution in [0.3, 0.4) is 0 Å². The first kappa shape index (κ1) is 26.2. The van der Waals surface area contributed by atoms with Gasteiger partial charge in [-0.25, -0.2) is 17.7 Å². The van der Waals surface area contributed by atoms with Gasteiger partial charge < -0.3 is 19.7 Å². The smallest absolute Gasteiger partial charge is 0.226 e. The van der Waals surface area contributed by atoms with Crippen LogP contribution in [-0.4, -0.2) is 81.0 Å². The average molecular weight is 530 g/mol. The Hall–Kier alpha value is -2.43. The lowest BCUT2D eigenvalue weighted by molar-refractivity contribution is 0.122. The van der Waals surface area contributed by atoms with Gasteiger partial charge in [0.15, 0.2) is 0 Å². The van der Waals surface area contributed by atoms with E-state index < -0.39 is 10.0 Å². The molecule has 3 fully saturated rings. The molecule has 10 heteroatoms. The zero-order valence-electron chi connectivity index (χ0n) is 21.9. The quantitative estimate of drug-likeness (QED) is 0.554.